The number of hydrogen-bond donors (Lipinski definition) is 0. The summed E-state index contributed by atoms with van der Waals surface area (Å²) in [6.07, 6.45) is 4.21. The van der Waals surface area contributed by atoms with Gasteiger partial charge in [0.05, 0.1) is 12.1 Å². The Bertz CT molecular complexity index is 768. The van der Waals surface area contributed by atoms with Crippen molar-refractivity contribution in [3.05, 3.63) is 10.7 Å². The Hall–Kier alpha value is -1.72. The van der Waals surface area contributed by atoms with Crippen LogP contribution in [0.4, 0.5) is 10.6 Å². The highest BCUT2D eigenvalue weighted by Crippen LogP contribution is 2.36. The number of nitriles is 1. The first kappa shape index (κ1) is 20.0. The Morgan fingerprint density at radius 1 is 1.37 bits per heavy atom. The van der Waals surface area contributed by atoms with Crippen molar-refractivity contribution in [2.45, 2.75) is 62.9 Å². The molecule has 0 aromatic carbocycles. The van der Waals surface area contributed by atoms with E-state index in [1.54, 1.807) is 0 Å². The van der Waals surface area contributed by atoms with Gasteiger partial charge in [-0.15, -0.1) is 0 Å². The SMILES string of the molecule is CCC(C)(C)OC(=O)N1C2CCC1CN(c1nc(SC)nc(Cl)c1C#N)C2. The standard InChI is InChI=1S/C18H24ClN5O2S/c1-5-18(2,3)26-17(25)24-11-6-7-12(24)10-23(9-11)15-13(8-20)14(19)21-16(22-15)27-4/h11-12H,5-7,9-10H2,1-4H3. The summed E-state index contributed by atoms with van der Waals surface area (Å²) in [6.45, 7) is 7.07. The molecule has 2 fully saturated rings. The molecule has 146 valence electrons. The molecule has 7 nitrogen and oxygen atoms in total. The average molecular weight is 410 g/mol. The summed E-state index contributed by atoms with van der Waals surface area (Å²) in [5, 5.41) is 10.2. The molecule has 0 spiro atoms. The first-order valence-corrected chi connectivity index (χ1v) is 10.7. The van der Waals surface area contributed by atoms with Crippen molar-refractivity contribution >= 4 is 35.3 Å². The Morgan fingerprint density at radius 3 is 2.52 bits per heavy atom. The lowest BCUT2D eigenvalue weighted by Gasteiger charge is -2.42. The molecule has 3 heterocycles. The maximum absolute atomic E-state index is 12.7. The normalized spacial score (nSPS) is 21.9. The number of thioether (sulfide) groups is 1. The number of nitrogens with zero attached hydrogens (tertiary/aromatic N) is 5. The van der Waals surface area contributed by atoms with Gasteiger partial charge in [-0.1, -0.05) is 30.3 Å². The number of amides is 1. The fraction of sp³-hybridized carbons (Fsp3) is 0.667. The van der Waals surface area contributed by atoms with Gasteiger partial charge in [0.15, 0.2) is 16.1 Å². The molecule has 9 heteroatoms. The fourth-order valence-corrected chi connectivity index (χ4v) is 4.17. The number of halogens is 1. The van der Waals surface area contributed by atoms with Crippen LogP contribution in [0.2, 0.25) is 5.15 Å². The third-order valence-corrected chi connectivity index (χ3v) is 6.15. The first-order valence-electron chi connectivity index (χ1n) is 9.07. The molecule has 0 radical (unpaired) electrons. The van der Waals surface area contributed by atoms with Gasteiger partial charge in [-0.25, -0.2) is 14.8 Å². The largest absolute Gasteiger partial charge is 0.443 e. The van der Waals surface area contributed by atoms with Crippen LogP contribution in [0.25, 0.3) is 0 Å². The Labute approximate surface area is 169 Å². The van der Waals surface area contributed by atoms with E-state index in [-0.39, 0.29) is 28.9 Å². The van der Waals surface area contributed by atoms with Crippen molar-refractivity contribution in [3.63, 3.8) is 0 Å². The van der Waals surface area contributed by atoms with E-state index in [0.717, 1.165) is 19.3 Å². The summed E-state index contributed by atoms with van der Waals surface area (Å²) in [4.78, 5) is 25.3. The molecule has 27 heavy (non-hydrogen) atoms. The van der Waals surface area contributed by atoms with Crippen LogP contribution >= 0.6 is 23.4 Å². The lowest BCUT2D eigenvalue weighted by molar-refractivity contribution is 0.000196. The van der Waals surface area contributed by atoms with Gasteiger partial charge in [0, 0.05) is 13.1 Å². The van der Waals surface area contributed by atoms with Gasteiger partial charge in [-0.2, -0.15) is 5.26 Å². The minimum Gasteiger partial charge on any atom is -0.443 e. The van der Waals surface area contributed by atoms with Gasteiger partial charge in [-0.3, -0.25) is 4.90 Å². The molecule has 1 amide bonds. The van der Waals surface area contributed by atoms with Crippen molar-refractivity contribution in [2.75, 3.05) is 24.2 Å². The molecule has 0 saturated carbocycles. The lowest BCUT2D eigenvalue weighted by atomic mass is 10.1. The molecule has 0 aliphatic carbocycles. The first-order chi connectivity index (χ1) is 12.8. The van der Waals surface area contributed by atoms with E-state index in [4.69, 9.17) is 16.3 Å². The second kappa shape index (κ2) is 7.72. The zero-order valence-electron chi connectivity index (χ0n) is 16.0. The fourth-order valence-electron chi connectivity index (χ4n) is 3.56. The van der Waals surface area contributed by atoms with Gasteiger partial charge in [-0.05, 0) is 39.4 Å². The molecule has 2 saturated heterocycles. The van der Waals surface area contributed by atoms with E-state index < -0.39 is 5.60 Å². The van der Waals surface area contributed by atoms with Crippen LogP contribution in [0.5, 0.6) is 0 Å². The van der Waals surface area contributed by atoms with E-state index in [0.29, 0.717) is 24.1 Å². The van der Waals surface area contributed by atoms with Crippen LogP contribution in [0.15, 0.2) is 5.16 Å². The number of hydrogen-bond acceptors (Lipinski definition) is 7. The smallest absolute Gasteiger partial charge is 0.410 e. The number of carbonyl (C=O) groups is 1. The number of ether oxygens (including phenoxy) is 1. The zero-order valence-corrected chi connectivity index (χ0v) is 17.6. The Kier molecular flexibility index (Phi) is 5.73. The van der Waals surface area contributed by atoms with Gasteiger partial charge >= 0.3 is 6.09 Å². The quantitative estimate of drug-likeness (QED) is 0.426. The Balaban J connectivity index is 1.83. The maximum atomic E-state index is 12.7. The summed E-state index contributed by atoms with van der Waals surface area (Å²) in [7, 11) is 0. The molecule has 2 unspecified atom stereocenters. The number of fused-ring (bicyclic) bond motifs is 2. The molecular formula is C18H24ClN5O2S. The lowest BCUT2D eigenvalue weighted by Crippen LogP contribution is -2.57. The molecule has 0 N–H and O–H groups in total. The van der Waals surface area contributed by atoms with Crippen molar-refractivity contribution in [1.29, 1.82) is 5.26 Å². The second-order valence-corrected chi connectivity index (χ2v) is 8.62. The molecule has 2 bridgehead atoms. The molecule has 1 aromatic heterocycles. The summed E-state index contributed by atoms with van der Waals surface area (Å²) in [5.41, 5.74) is -0.188. The van der Waals surface area contributed by atoms with Gasteiger partial charge in [0.25, 0.3) is 0 Å². The summed E-state index contributed by atoms with van der Waals surface area (Å²) >= 11 is 7.58. The van der Waals surface area contributed by atoms with Crippen molar-refractivity contribution < 1.29 is 9.53 Å². The Morgan fingerprint density at radius 2 is 2.00 bits per heavy atom. The number of aromatic nitrogens is 2. The van der Waals surface area contributed by atoms with E-state index in [2.05, 4.69) is 20.9 Å². The third kappa shape index (κ3) is 3.94. The maximum Gasteiger partial charge on any atom is 0.410 e. The van der Waals surface area contributed by atoms with Crippen LogP contribution in [-0.4, -0.2) is 58.0 Å². The van der Waals surface area contributed by atoms with Crippen LogP contribution < -0.4 is 4.90 Å². The van der Waals surface area contributed by atoms with Gasteiger partial charge in [0.1, 0.15) is 17.2 Å². The third-order valence-electron chi connectivity index (χ3n) is 5.33. The minimum atomic E-state index is -0.477. The number of anilines is 1. The highest BCUT2D eigenvalue weighted by atomic mass is 35.5. The van der Waals surface area contributed by atoms with Crippen LogP contribution in [0.3, 0.4) is 0 Å². The zero-order chi connectivity index (χ0) is 19.8. The van der Waals surface area contributed by atoms with Gasteiger partial charge < -0.3 is 9.64 Å². The average Bonchev–Trinajstić information content (AvgIpc) is 2.90. The number of carbonyl (C=O) groups excluding carboxylic acids is 1. The van der Waals surface area contributed by atoms with Crippen molar-refractivity contribution in [2.24, 2.45) is 0 Å². The highest BCUT2D eigenvalue weighted by Gasteiger charge is 2.45. The number of rotatable bonds is 4. The van der Waals surface area contributed by atoms with Crippen molar-refractivity contribution in [1.82, 2.24) is 14.9 Å². The molecule has 3 rings (SSSR count). The molecule has 2 aliphatic heterocycles. The molecule has 1 aromatic rings. The van der Waals surface area contributed by atoms with E-state index in [1.165, 1.54) is 11.8 Å². The predicted molar refractivity (Wildman–Crippen MR) is 105 cm³/mol. The summed E-state index contributed by atoms with van der Waals surface area (Å²) in [5.74, 6) is 0.556. The van der Waals surface area contributed by atoms with Crippen molar-refractivity contribution in [3.8, 4) is 6.07 Å². The summed E-state index contributed by atoms with van der Waals surface area (Å²) < 4.78 is 5.71. The van der Waals surface area contributed by atoms with Gasteiger partial charge in [0.2, 0.25) is 0 Å². The highest BCUT2D eigenvalue weighted by molar-refractivity contribution is 7.98. The van der Waals surface area contributed by atoms with E-state index in [9.17, 15) is 10.1 Å². The van der Waals surface area contributed by atoms with Crippen LogP contribution in [0.1, 0.15) is 45.6 Å². The topological polar surface area (TPSA) is 82.3 Å². The molecular weight excluding hydrogens is 386 g/mol. The predicted octanol–water partition coefficient (Wildman–Crippen LogP) is 3.70. The summed E-state index contributed by atoms with van der Waals surface area (Å²) in [6, 6.07) is 2.21. The van der Waals surface area contributed by atoms with E-state index in [1.807, 2.05) is 31.9 Å². The molecule has 2 atom stereocenters. The number of piperazine rings is 1. The van der Waals surface area contributed by atoms with Crippen LogP contribution in [0, 0.1) is 11.3 Å². The molecule has 2 aliphatic rings. The van der Waals surface area contributed by atoms with E-state index >= 15 is 0 Å². The monoisotopic (exact) mass is 409 g/mol. The minimum absolute atomic E-state index is 0.0434. The second-order valence-electron chi connectivity index (χ2n) is 7.49. The van der Waals surface area contributed by atoms with Crippen LogP contribution in [-0.2, 0) is 4.74 Å².